The molecule has 4 aromatic rings. The predicted molar refractivity (Wildman–Crippen MR) is 93.0 cm³/mol. The second-order valence-electron chi connectivity index (χ2n) is 5.68. The maximum atomic E-state index is 6.25. The topological polar surface area (TPSA) is 67.6 Å². The molecule has 0 aliphatic rings. The molecule has 0 saturated heterocycles. The van der Waals surface area contributed by atoms with E-state index in [0.29, 0.717) is 10.9 Å². The zero-order valence-electron chi connectivity index (χ0n) is 13.1. The largest absolute Gasteiger partial charge is 0.434 e. The van der Waals surface area contributed by atoms with Gasteiger partial charge in [0.05, 0.1) is 5.69 Å². The molecule has 120 valence electrons. The number of halogens is 1. The molecule has 1 aromatic carbocycles. The minimum Gasteiger partial charge on any atom is -0.434 e. The highest BCUT2D eigenvalue weighted by atomic mass is 35.5. The van der Waals surface area contributed by atoms with Crippen LogP contribution in [0, 0.1) is 6.92 Å². The van der Waals surface area contributed by atoms with E-state index in [1.165, 1.54) is 0 Å². The van der Waals surface area contributed by atoms with Crippen LogP contribution in [0.4, 0.5) is 0 Å². The van der Waals surface area contributed by atoms with Crippen molar-refractivity contribution < 1.29 is 4.42 Å². The molecule has 4 rings (SSSR count). The van der Waals surface area contributed by atoms with Crippen LogP contribution in [-0.4, -0.2) is 20.2 Å². The van der Waals surface area contributed by atoms with E-state index in [-0.39, 0.29) is 0 Å². The summed E-state index contributed by atoms with van der Waals surface area (Å²) in [5.41, 5.74) is 5.22. The van der Waals surface area contributed by atoms with E-state index in [1.54, 1.807) is 6.20 Å². The Morgan fingerprint density at radius 3 is 2.83 bits per heavy atom. The van der Waals surface area contributed by atoms with Crippen molar-refractivity contribution in [1.29, 1.82) is 0 Å². The molecule has 6 heteroatoms. The highest BCUT2D eigenvalue weighted by Crippen LogP contribution is 2.29. The summed E-state index contributed by atoms with van der Waals surface area (Å²) in [5.74, 6) is 0.520. The van der Waals surface area contributed by atoms with Crippen molar-refractivity contribution in [2.75, 3.05) is 0 Å². The fourth-order valence-corrected chi connectivity index (χ4v) is 2.94. The van der Waals surface area contributed by atoms with Crippen molar-refractivity contribution in [1.82, 2.24) is 20.2 Å². The molecule has 5 nitrogen and oxygen atoms in total. The van der Waals surface area contributed by atoms with Gasteiger partial charge in [-0.05, 0) is 55.7 Å². The molecule has 0 spiro atoms. The number of nitrogens with zero attached hydrogens (tertiary/aromatic N) is 3. The number of aryl methyl sites for hydroxylation is 3. The highest BCUT2D eigenvalue weighted by Gasteiger charge is 2.14. The Morgan fingerprint density at radius 1 is 1.17 bits per heavy atom. The van der Waals surface area contributed by atoms with Crippen LogP contribution in [0.25, 0.3) is 22.7 Å². The van der Waals surface area contributed by atoms with Crippen LogP contribution < -0.4 is 0 Å². The predicted octanol–water partition coefficient (Wildman–Crippen LogP) is 4.36. The maximum Gasteiger partial charge on any atom is 0.245 e. The fourth-order valence-electron chi connectivity index (χ4n) is 2.71. The molecular formula is C18H15ClN4O. The number of oxazole rings is 1. The normalized spacial score (nSPS) is 11.2. The van der Waals surface area contributed by atoms with Gasteiger partial charge in [-0.15, -0.1) is 0 Å². The van der Waals surface area contributed by atoms with Crippen molar-refractivity contribution >= 4 is 22.7 Å². The zero-order valence-corrected chi connectivity index (χ0v) is 13.8. The van der Waals surface area contributed by atoms with Gasteiger partial charge in [0, 0.05) is 16.9 Å². The molecule has 0 unspecified atom stereocenters. The molecule has 0 aliphatic carbocycles. The minimum absolute atomic E-state index is 0.520. The van der Waals surface area contributed by atoms with Crippen LogP contribution in [0.1, 0.15) is 17.0 Å². The van der Waals surface area contributed by atoms with Crippen LogP contribution in [-0.2, 0) is 12.8 Å². The van der Waals surface area contributed by atoms with Gasteiger partial charge in [-0.25, -0.2) is 4.98 Å². The number of benzene rings is 1. The molecule has 0 atom stereocenters. The van der Waals surface area contributed by atoms with E-state index in [9.17, 15) is 0 Å². The Kier molecular flexibility index (Phi) is 3.78. The van der Waals surface area contributed by atoms with E-state index < -0.39 is 0 Å². The molecule has 0 amide bonds. The molecule has 0 bridgehead atoms. The summed E-state index contributed by atoms with van der Waals surface area (Å²) in [6, 6.07) is 11.6. The molecule has 0 radical (unpaired) electrons. The summed E-state index contributed by atoms with van der Waals surface area (Å²) < 4.78 is 5.98. The number of rotatable bonds is 4. The zero-order chi connectivity index (χ0) is 16.5. The van der Waals surface area contributed by atoms with Gasteiger partial charge in [0.2, 0.25) is 5.89 Å². The number of nitrogens with one attached hydrogen (secondary N) is 1. The molecular weight excluding hydrogens is 324 g/mol. The molecule has 0 saturated carbocycles. The first-order chi connectivity index (χ1) is 11.7. The van der Waals surface area contributed by atoms with Gasteiger partial charge >= 0.3 is 0 Å². The first-order valence-electron chi connectivity index (χ1n) is 7.70. The summed E-state index contributed by atoms with van der Waals surface area (Å²) in [6.07, 6.45) is 3.40. The average Bonchev–Trinajstić information content (AvgIpc) is 3.19. The number of H-pyrrole nitrogens is 1. The number of hydrogen-bond donors (Lipinski definition) is 1. The molecule has 3 heterocycles. The van der Waals surface area contributed by atoms with E-state index in [0.717, 1.165) is 46.6 Å². The van der Waals surface area contributed by atoms with Gasteiger partial charge in [-0.1, -0.05) is 17.7 Å². The Bertz CT molecular complexity index is 991. The van der Waals surface area contributed by atoms with Crippen LogP contribution >= 0.6 is 11.6 Å². The lowest BCUT2D eigenvalue weighted by Crippen LogP contribution is -1.94. The van der Waals surface area contributed by atoms with Gasteiger partial charge in [0.1, 0.15) is 11.2 Å². The lowest BCUT2D eigenvalue weighted by molar-refractivity contribution is 0.611. The van der Waals surface area contributed by atoms with Gasteiger partial charge in [-0.3, -0.25) is 10.1 Å². The van der Waals surface area contributed by atoms with Crippen LogP contribution in [0.15, 0.2) is 47.0 Å². The molecule has 1 N–H and O–H groups in total. The molecule has 0 fully saturated rings. The second-order valence-corrected chi connectivity index (χ2v) is 6.11. The van der Waals surface area contributed by atoms with Crippen molar-refractivity contribution in [3.05, 3.63) is 64.6 Å². The quantitative estimate of drug-likeness (QED) is 0.600. The smallest absolute Gasteiger partial charge is 0.245 e. The van der Waals surface area contributed by atoms with E-state index >= 15 is 0 Å². The fraction of sp³-hybridized carbons (Fsp3) is 0.167. The monoisotopic (exact) mass is 338 g/mol. The number of pyridine rings is 1. The van der Waals surface area contributed by atoms with Crippen LogP contribution in [0.5, 0.6) is 0 Å². The number of fused-ring (bicyclic) bond motifs is 1. The van der Waals surface area contributed by atoms with Crippen LogP contribution in [0.2, 0.25) is 5.02 Å². The van der Waals surface area contributed by atoms with Gasteiger partial charge in [-0.2, -0.15) is 5.10 Å². The minimum atomic E-state index is 0.520. The van der Waals surface area contributed by atoms with Gasteiger partial charge < -0.3 is 4.42 Å². The Morgan fingerprint density at radius 2 is 2.08 bits per heavy atom. The first kappa shape index (κ1) is 14.9. The Labute approximate surface area is 143 Å². The summed E-state index contributed by atoms with van der Waals surface area (Å²) in [6.45, 7) is 1.91. The third-order valence-corrected chi connectivity index (χ3v) is 4.06. The van der Waals surface area contributed by atoms with Crippen molar-refractivity contribution in [3.63, 3.8) is 0 Å². The summed E-state index contributed by atoms with van der Waals surface area (Å²) in [7, 11) is 0. The molecule has 24 heavy (non-hydrogen) atoms. The molecule has 3 aromatic heterocycles. The average molecular weight is 339 g/mol. The SMILES string of the molecule is Cc1cc(-c2nc3cc(Cl)cc(CCc4ccccn4)c3o2)[nH]n1. The maximum absolute atomic E-state index is 6.25. The summed E-state index contributed by atoms with van der Waals surface area (Å²) in [4.78, 5) is 8.89. The summed E-state index contributed by atoms with van der Waals surface area (Å²) in [5, 5.41) is 7.70. The van der Waals surface area contributed by atoms with Gasteiger partial charge in [0.15, 0.2) is 5.58 Å². The van der Waals surface area contributed by atoms with Gasteiger partial charge in [0.25, 0.3) is 0 Å². The Hall–Kier alpha value is -2.66. The third-order valence-electron chi connectivity index (χ3n) is 3.84. The third kappa shape index (κ3) is 2.90. The standard InChI is InChI=1S/C18H15ClN4O/c1-11-8-16(23-22-11)18-21-15-10-13(19)9-12(17(15)24-18)5-6-14-4-2-3-7-20-14/h2-4,7-10H,5-6H2,1H3,(H,22,23). The lowest BCUT2D eigenvalue weighted by Gasteiger charge is -2.03. The van der Waals surface area contributed by atoms with E-state index in [4.69, 9.17) is 16.0 Å². The van der Waals surface area contributed by atoms with Crippen LogP contribution in [0.3, 0.4) is 0 Å². The number of aromatic nitrogens is 4. The number of aromatic amines is 1. The first-order valence-corrected chi connectivity index (χ1v) is 8.08. The van der Waals surface area contributed by atoms with Crippen molar-refractivity contribution in [3.8, 4) is 11.6 Å². The number of hydrogen-bond acceptors (Lipinski definition) is 4. The second kappa shape index (κ2) is 6.09. The van der Waals surface area contributed by atoms with E-state index in [2.05, 4.69) is 20.2 Å². The van der Waals surface area contributed by atoms with Crippen molar-refractivity contribution in [2.24, 2.45) is 0 Å². The van der Waals surface area contributed by atoms with Crippen molar-refractivity contribution in [2.45, 2.75) is 19.8 Å². The molecule has 0 aliphatic heterocycles. The lowest BCUT2D eigenvalue weighted by atomic mass is 10.1. The summed E-state index contributed by atoms with van der Waals surface area (Å²) >= 11 is 6.25. The van der Waals surface area contributed by atoms with E-state index in [1.807, 2.05) is 43.3 Å². The Balaban J connectivity index is 1.70. The highest BCUT2D eigenvalue weighted by molar-refractivity contribution is 6.31.